The van der Waals surface area contributed by atoms with Crippen molar-refractivity contribution in [1.29, 1.82) is 0 Å². The molecule has 0 saturated heterocycles. The van der Waals surface area contributed by atoms with Gasteiger partial charge in [0.05, 0.1) is 0 Å². The molecule has 0 bridgehead atoms. The third-order valence-corrected chi connectivity index (χ3v) is 4.30. The predicted octanol–water partition coefficient (Wildman–Crippen LogP) is 6.21. The lowest BCUT2D eigenvalue weighted by molar-refractivity contribution is 0.893. The van der Waals surface area contributed by atoms with Crippen molar-refractivity contribution < 1.29 is 0 Å². The van der Waals surface area contributed by atoms with Crippen LogP contribution < -0.4 is 5.32 Å². The van der Waals surface area contributed by atoms with E-state index in [0.29, 0.717) is 17.6 Å². The fraction of sp³-hybridized carbons (Fsp3) is 0.182. The van der Waals surface area contributed by atoms with Gasteiger partial charge >= 0.3 is 0 Å². The fourth-order valence-electron chi connectivity index (χ4n) is 1.34. The number of alkyl halides is 6. The first-order valence-electron chi connectivity index (χ1n) is 5.39. The van der Waals surface area contributed by atoms with E-state index in [9.17, 15) is 0 Å². The van der Waals surface area contributed by atoms with E-state index in [4.69, 9.17) is 0 Å². The molecule has 2 rings (SSSR count). The first-order valence-corrected chi connectivity index (χ1v) is 10.1. The van der Waals surface area contributed by atoms with Crippen LogP contribution >= 0.6 is 95.6 Å². The van der Waals surface area contributed by atoms with Gasteiger partial charge in [0, 0.05) is 5.69 Å². The summed E-state index contributed by atoms with van der Waals surface area (Å²) in [4.78, 5) is 13.1. The third kappa shape index (κ3) is 5.49. The van der Waals surface area contributed by atoms with Gasteiger partial charge in [-0.3, -0.25) is 0 Å². The number of nitrogens with zero attached hydrogens (tertiary/aromatic N) is 3. The summed E-state index contributed by atoms with van der Waals surface area (Å²) in [6.07, 6.45) is 0. The smallest absolute Gasteiger partial charge is 0.230 e. The van der Waals surface area contributed by atoms with Gasteiger partial charge < -0.3 is 5.32 Å². The minimum atomic E-state index is -0.740. The molecule has 0 aliphatic rings. The molecule has 1 aromatic carbocycles. The van der Waals surface area contributed by atoms with Crippen molar-refractivity contribution in [3.8, 4) is 0 Å². The first-order chi connectivity index (χ1) is 9.66. The van der Waals surface area contributed by atoms with Crippen molar-refractivity contribution in [3.63, 3.8) is 0 Å². The average Bonchev–Trinajstić information content (AvgIpc) is 2.37. The van der Waals surface area contributed by atoms with Gasteiger partial charge in [-0.25, -0.2) is 4.98 Å². The topological polar surface area (TPSA) is 50.7 Å². The average molecular weight is 674 g/mol. The maximum absolute atomic E-state index is 4.38. The number of aromatic nitrogens is 3. The Kier molecular flexibility index (Phi) is 6.27. The Morgan fingerprint density at radius 2 is 1.19 bits per heavy atom. The summed E-state index contributed by atoms with van der Waals surface area (Å²) in [5.41, 5.74) is 0.884. The molecule has 0 fully saturated rings. The van der Waals surface area contributed by atoms with Gasteiger partial charge in [0.25, 0.3) is 0 Å². The highest BCUT2D eigenvalue weighted by Gasteiger charge is 2.31. The highest BCUT2D eigenvalue weighted by Crippen LogP contribution is 2.46. The largest absolute Gasteiger partial charge is 0.324 e. The molecule has 0 spiro atoms. The van der Waals surface area contributed by atoms with Crippen molar-refractivity contribution in [3.05, 3.63) is 42.0 Å². The van der Waals surface area contributed by atoms with Crippen molar-refractivity contribution >= 4 is 107 Å². The van der Waals surface area contributed by atoms with Crippen molar-refractivity contribution in [2.24, 2.45) is 0 Å². The Bertz CT molecular complexity index is 591. The molecule has 10 heteroatoms. The monoisotopic (exact) mass is 668 g/mol. The quantitative estimate of drug-likeness (QED) is 0.386. The Labute approximate surface area is 172 Å². The molecule has 0 radical (unpaired) electrons. The molecule has 0 atom stereocenters. The van der Waals surface area contributed by atoms with Crippen LogP contribution in [0.3, 0.4) is 0 Å². The second-order valence-corrected chi connectivity index (χ2v) is 17.3. The van der Waals surface area contributed by atoms with E-state index >= 15 is 0 Å². The zero-order chi connectivity index (χ0) is 15.7. The van der Waals surface area contributed by atoms with Crippen molar-refractivity contribution in [2.45, 2.75) is 4.29 Å². The molecule has 2 aromatic rings. The number of rotatable bonds is 2. The molecule has 1 aromatic heterocycles. The predicted molar refractivity (Wildman–Crippen MR) is 106 cm³/mol. The Morgan fingerprint density at radius 1 is 0.714 bits per heavy atom. The van der Waals surface area contributed by atoms with E-state index in [-0.39, 0.29) is 0 Å². The van der Waals surface area contributed by atoms with E-state index in [1.54, 1.807) is 0 Å². The summed E-state index contributed by atoms with van der Waals surface area (Å²) in [5, 5.41) is 3.14. The van der Waals surface area contributed by atoms with Gasteiger partial charge in [0.1, 0.15) is 0 Å². The van der Waals surface area contributed by atoms with Crippen LogP contribution in [0.2, 0.25) is 0 Å². The number of hydrogen-bond acceptors (Lipinski definition) is 4. The molecule has 21 heavy (non-hydrogen) atoms. The summed E-state index contributed by atoms with van der Waals surface area (Å²) in [6, 6.07) is 9.65. The SMILES string of the molecule is BrC(Br)(Br)c1nc(Nc2ccccc2)nc(C(Br)(Br)Br)n1. The van der Waals surface area contributed by atoms with E-state index < -0.39 is 4.29 Å². The number of hydrogen-bond donors (Lipinski definition) is 1. The number of benzene rings is 1. The highest BCUT2D eigenvalue weighted by atomic mass is 80.0. The lowest BCUT2D eigenvalue weighted by atomic mass is 10.3. The van der Waals surface area contributed by atoms with Gasteiger partial charge in [0.2, 0.25) is 5.95 Å². The second kappa shape index (κ2) is 7.21. The summed E-state index contributed by atoms with van der Waals surface area (Å²) in [7, 11) is 0. The number of anilines is 2. The molecule has 1 heterocycles. The summed E-state index contributed by atoms with van der Waals surface area (Å²) >= 11 is 20.5. The Morgan fingerprint density at radius 3 is 1.62 bits per heavy atom. The van der Waals surface area contributed by atoms with Gasteiger partial charge in [-0.05, 0) is 12.1 Å². The molecule has 0 aliphatic carbocycles. The summed E-state index contributed by atoms with van der Waals surface area (Å²) in [5.74, 6) is 1.36. The maximum atomic E-state index is 4.38. The normalized spacial score (nSPS) is 12.3. The number of para-hydroxylation sites is 1. The van der Waals surface area contributed by atoms with Gasteiger partial charge in [-0.15, -0.1) is 0 Å². The van der Waals surface area contributed by atoms with Crippen LogP contribution in [0.25, 0.3) is 0 Å². The van der Waals surface area contributed by atoms with Crippen molar-refractivity contribution in [1.82, 2.24) is 15.0 Å². The highest BCUT2D eigenvalue weighted by molar-refractivity contribution is 9.39. The van der Waals surface area contributed by atoms with Gasteiger partial charge in [-0.1, -0.05) is 114 Å². The summed E-state index contributed by atoms with van der Waals surface area (Å²) in [6.45, 7) is 0. The van der Waals surface area contributed by atoms with Crippen LogP contribution in [0.5, 0.6) is 0 Å². The molecular formula is C11H6Br6N4. The van der Waals surface area contributed by atoms with Crippen LogP contribution in [0.15, 0.2) is 30.3 Å². The van der Waals surface area contributed by atoms with E-state index in [2.05, 4.69) is 116 Å². The third-order valence-electron chi connectivity index (χ3n) is 2.17. The fourth-order valence-corrected chi connectivity index (χ4v) is 2.40. The van der Waals surface area contributed by atoms with Gasteiger partial charge in [-0.2, -0.15) is 9.97 Å². The maximum Gasteiger partial charge on any atom is 0.230 e. The van der Waals surface area contributed by atoms with Crippen LogP contribution in [0.1, 0.15) is 11.6 Å². The standard InChI is InChI=1S/C11H6Br6N4/c12-10(13,14)7-19-8(11(15,16)17)21-9(20-7)18-6-4-2-1-3-5-6/h1-5H,(H,18,19,20,21). The van der Waals surface area contributed by atoms with Crippen LogP contribution in [-0.4, -0.2) is 15.0 Å². The van der Waals surface area contributed by atoms with Gasteiger partial charge in [0.15, 0.2) is 15.9 Å². The second-order valence-electron chi connectivity index (χ2n) is 3.79. The lowest BCUT2D eigenvalue weighted by Gasteiger charge is -2.17. The molecule has 0 amide bonds. The lowest BCUT2D eigenvalue weighted by Crippen LogP contribution is -2.16. The van der Waals surface area contributed by atoms with Crippen molar-refractivity contribution in [2.75, 3.05) is 5.32 Å². The van der Waals surface area contributed by atoms with Crippen LogP contribution in [-0.2, 0) is 4.29 Å². The van der Waals surface area contributed by atoms with Crippen LogP contribution in [0, 0.1) is 0 Å². The minimum absolute atomic E-state index is 0.423. The molecular weight excluding hydrogens is 668 g/mol. The molecule has 0 saturated carbocycles. The minimum Gasteiger partial charge on any atom is -0.324 e. The molecule has 112 valence electrons. The van der Waals surface area contributed by atoms with E-state index in [1.165, 1.54) is 0 Å². The molecule has 0 unspecified atom stereocenters. The Balaban J connectivity index is 2.45. The zero-order valence-corrected chi connectivity index (χ0v) is 19.5. The molecule has 0 aliphatic heterocycles. The summed E-state index contributed by atoms with van der Waals surface area (Å²) < 4.78 is -1.48. The van der Waals surface area contributed by atoms with E-state index in [0.717, 1.165) is 5.69 Å². The van der Waals surface area contributed by atoms with Crippen LogP contribution in [0.4, 0.5) is 11.6 Å². The number of halogens is 6. The molecule has 1 N–H and O–H groups in total. The first kappa shape index (κ1) is 18.3. The zero-order valence-electron chi connectivity index (χ0n) is 10.00. The Hall–Kier alpha value is 0.910. The number of nitrogens with one attached hydrogen (secondary N) is 1. The molecule has 4 nitrogen and oxygen atoms in total. The van der Waals surface area contributed by atoms with E-state index in [1.807, 2.05) is 30.3 Å².